The molecule has 0 aliphatic rings. The van der Waals surface area contributed by atoms with E-state index >= 15 is 0 Å². The van der Waals surface area contributed by atoms with Gasteiger partial charge < -0.3 is 14.9 Å². The summed E-state index contributed by atoms with van der Waals surface area (Å²) in [7, 11) is 0. The van der Waals surface area contributed by atoms with Crippen LogP contribution in [0.15, 0.2) is 95.7 Å². The van der Waals surface area contributed by atoms with Crippen molar-refractivity contribution < 1.29 is 23.3 Å². The first kappa shape index (κ1) is 30.4. The van der Waals surface area contributed by atoms with E-state index in [0.29, 0.717) is 5.92 Å². The zero-order chi connectivity index (χ0) is 24.1. The number of hydrogen-bond donors (Lipinski definition) is 0. The molecule has 0 amide bonds. The Morgan fingerprint density at radius 3 is 1.67 bits per heavy atom. The van der Waals surface area contributed by atoms with Gasteiger partial charge in [0.25, 0.3) is 0 Å². The van der Waals surface area contributed by atoms with Gasteiger partial charge in [0.05, 0.1) is 0 Å². The minimum absolute atomic E-state index is 0. The molecule has 0 nitrogen and oxygen atoms in total. The van der Waals surface area contributed by atoms with Crippen LogP contribution < -0.4 is 0 Å². The molecule has 184 valence electrons. The molecular formula is C32H32S2SiZr-4. The summed E-state index contributed by atoms with van der Waals surface area (Å²) >= 11 is 4.96. The molecular weight excluding hydrogens is 568 g/mol. The van der Waals surface area contributed by atoms with Crippen LogP contribution in [-0.4, -0.2) is 6.88 Å². The van der Waals surface area contributed by atoms with E-state index in [1.54, 1.807) is 11.3 Å². The Kier molecular flexibility index (Phi) is 12.0. The van der Waals surface area contributed by atoms with Gasteiger partial charge in [-0.1, -0.05) is 56.2 Å². The van der Waals surface area contributed by atoms with Crippen LogP contribution in [0.2, 0.25) is 0 Å². The van der Waals surface area contributed by atoms with E-state index in [4.69, 9.17) is 0 Å². The zero-order valence-electron chi connectivity index (χ0n) is 21.6. The molecule has 0 aliphatic carbocycles. The fraction of sp³-hybridized carbons (Fsp3) is 0.125. The summed E-state index contributed by atoms with van der Waals surface area (Å²) in [5, 5.41) is 9.74. The van der Waals surface area contributed by atoms with Gasteiger partial charge in [0.15, 0.2) is 0 Å². The van der Waals surface area contributed by atoms with Crippen molar-refractivity contribution in [1.29, 1.82) is 0 Å². The van der Waals surface area contributed by atoms with Crippen molar-refractivity contribution >= 4 is 51.1 Å². The second-order valence-electron chi connectivity index (χ2n) is 8.55. The van der Waals surface area contributed by atoms with Gasteiger partial charge in [-0.05, 0) is 28.8 Å². The van der Waals surface area contributed by atoms with Crippen LogP contribution in [0.5, 0.6) is 0 Å². The molecule has 0 unspecified atom stereocenters. The average Bonchev–Trinajstić information content (AvgIpc) is 3.66. The zero-order valence-corrected chi connectivity index (χ0v) is 26.7. The average molecular weight is 600 g/mol. The Morgan fingerprint density at radius 1 is 0.694 bits per heavy atom. The Morgan fingerprint density at radius 2 is 1.19 bits per heavy atom. The molecule has 4 aromatic carbocycles. The maximum atomic E-state index is 3.06. The molecule has 0 saturated heterocycles. The van der Waals surface area contributed by atoms with Crippen molar-refractivity contribution in [3.05, 3.63) is 122 Å². The summed E-state index contributed by atoms with van der Waals surface area (Å²) in [6, 6.07) is 30.9. The van der Waals surface area contributed by atoms with E-state index in [0.717, 1.165) is 0 Å². The Labute approximate surface area is 242 Å². The van der Waals surface area contributed by atoms with Crippen LogP contribution in [0.25, 0.3) is 42.4 Å². The minimum atomic E-state index is 0. The van der Waals surface area contributed by atoms with Crippen molar-refractivity contribution in [2.75, 3.05) is 0 Å². The summed E-state index contributed by atoms with van der Waals surface area (Å²) in [4.78, 5) is 2.71. The molecule has 4 heteroatoms. The van der Waals surface area contributed by atoms with Crippen molar-refractivity contribution in [2.24, 2.45) is 0 Å². The van der Waals surface area contributed by atoms with Crippen LogP contribution in [0.4, 0.5) is 0 Å². The summed E-state index contributed by atoms with van der Waals surface area (Å²) < 4.78 is 0. The molecule has 0 aliphatic heterocycles. The van der Waals surface area contributed by atoms with E-state index < -0.39 is 0 Å². The van der Waals surface area contributed by atoms with Crippen molar-refractivity contribution in [3.8, 4) is 20.9 Å². The first-order chi connectivity index (χ1) is 16.6. The second-order valence-corrected chi connectivity index (χ2v) is 10.4. The molecule has 2 heterocycles. The van der Waals surface area contributed by atoms with Crippen molar-refractivity contribution in [1.82, 2.24) is 0 Å². The maximum absolute atomic E-state index is 3.06. The number of hydrogen-bond acceptors (Lipinski definition) is 2. The number of benzene rings is 2. The summed E-state index contributed by atoms with van der Waals surface area (Å²) in [6.45, 7) is 9.71. The summed E-state index contributed by atoms with van der Waals surface area (Å²) in [6.07, 6.45) is 0. The fourth-order valence-corrected chi connectivity index (χ4v) is 5.80. The molecule has 0 atom stereocenters. The first-order valence-corrected chi connectivity index (χ1v) is 17.2. The van der Waals surface area contributed by atoms with Crippen LogP contribution in [0.1, 0.15) is 30.9 Å². The molecule has 36 heavy (non-hydrogen) atoms. The molecule has 0 saturated carbocycles. The third-order valence-corrected chi connectivity index (χ3v) is 7.71. The third-order valence-electron chi connectivity index (χ3n) is 5.91. The van der Waals surface area contributed by atoms with E-state index in [9.17, 15) is 0 Å². The molecule has 0 bridgehead atoms. The van der Waals surface area contributed by atoms with Gasteiger partial charge >= 0.3 is 30.2 Å². The number of thiophene rings is 2. The van der Waals surface area contributed by atoms with Crippen molar-refractivity contribution in [3.63, 3.8) is 0 Å². The molecule has 0 N–H and O–H groups in total. The molecule has 0 fully saturated rings. The number of fused-ring (bicyclic) bond motifs is 2. The van der Waals surface area contributed by atoms with Crippen molar-refractivity contribution in [2.45, 2.75) is 26.7 Å². The second kappa shape index (κ2) is 14.2. The Bertz CT molecular complexity index is 1470. The third kappa shape index (κ3) is 6.72. The van der Waals surface area contributed by atoms with E-state index in [1.807, 2.05) is 11.3 Å². The summed E-state index contributed by atoms with van der Waals surface area (Å²) in [5.41, 5.74) is 5.50. The topological polar surface area (TPSA) is 0 Å². The van der Waals surface area contributed by atoms with E-state index in [1.165, 1.54) is 76.9 Å². The Hall–Kier alpha value is -1.84. The van der Waals surface area contributed by atoms with Gasteiger partial charge in [-0.2, -0.15) is 12.1 Å². The molecule has 2 aromatic heterocycles. The summed E-state index contributed by atoms with van der Waals surface area (Å²) in [5.74, 6) is 0.596. The SMILES string of the molecule is CC(C)c1cc2c(-c3cccs3)cccc2[cH-]1.Cc1cc2c(-c3cccs3)cccc2[cH-]1.[CH3-].[CH3-].[Si]=[Zr]. The quantitative estimate of drug-likeness (QED) is 0.140. The van der Waals surface area contributed by atoms with Gasteiger partial charge in [-0.25, -0.2) is 0 Å². The number of aryl methyl sites for hydroxylation is 1. The standard InChI is InChI=1S/C16H15S.C14H11S.2CH3.Si.Zr/c1-11(2)13-9-12-5-3-6-14(15(12)10-13)16-7-4-8-17-16;1-10-8-11-4-2-5-12(13(11)9-10)14-6-3-7-15-14;;;;/h3-11H,1-2H3;2-9H,1H3;2*1H3;;/q4*-1;;. The first-order valence-electron chi connectivity index (χ1n) is 11.3. The monoisotopic (exact) mass is 598 g/mol. The van der Waals surface area contributed by atoms with Crippen LogP contribution in [0, 0.1) is 21.8 Å². The number of rotatable bonds is 3. The fourth-order valence-electron chi connectivity index (χ4n) is 4.27. The van der Waals surface area contributed by atoms with E-state index in [-0.39, 0.29) is 14.9 Å². The van der Waals surface area contributed by atoms with Gasteiger partial charge in [0.1, 0.15) is 0 Å². The molecule has 6 rings (SSSR count). The van der Waals surface area contributed by atoms with Gasteiger partial charge in [0.2, 0.25) is 0 Å². The van der Waals surface area contributed by atoms with Gasteiger partial charge in [0, 0.05) is 9.75 Å². The normalized spacial score (nSPS) is 10.1. The van der Waals surface area contributed by atoms with Gasteiger partial charge in [-0.3, -0.25) is 0 Å². The predicted octanol–water partition coefficient (Wildman–Crippen LogP) is 10.5. The van der Waals surface area contributed by atoms with Crippen LogP contribution in [-0.2, 0) is 23.3 Å². The van der Waals surface area contributed by atoms with Crippen LogP contribution in [0.3, 0.4) is 0 Å². The molecule has 0 spiro atoms. The van der Waals surface area contributed by atoms with E-state index in [2.05, 4.69) is 123 Å². The van der Waals surface area contributed by atoms with Gasteiger partial charge in [-0.15, -0.1) is 91.7 Å². The molecule has 6 aromatic rings. The molecule has 2 radical (unpaired) electrons. The predicted molar refractivity (Wildman–Crippen MR) is 163 cm³/mol. The Balaban J connectivity index is 0.000000227. The van der Waals surface area contributed by atoms with Crippen LogP contribution >= 0.6 is 22.7 Å².